The molecule has 0 aliphatic carbocycles. The molecule has 0 bridgehead atoms. The summed E-state index contributed by atoms with van der Waals surface area (Å²) in [6.45, 7) is 1.14. The fourth-order valence-electron chi connectivity index (χ4n) is 5.05. The highest BCUT2D eigenvalue weighted by Crippen LogP contribution is 2.52. The molecule has 4 aromatic rings. The minimum absolute atomic E-state index is 0.0974. The first-order chi connectivity index (χ1) is 21.3. The van der Waals surface area contributed by atoms with Crippen molar-refractivity contribution in [1.82, 2.24) is 0 Å². The Morgan fingerprint density at radius 2 is 0.932 bits per heavy atom. The highest BCUT2D eigenvalue weighted by atomic mass is 35.6. The molecule has 4 aromatic carbocycles. The van der Waals surface area contributed by atoms with Gasteiger partial charge in [0, 0.05) is 0 Å². The van der Waals surface area contributed by atoms with Crippen LogP contribution >= 0.6 is 46.4 Å². The SMILES string of the molecule is ClC(Cl)(Cl)[C@]1(Cl)O[C@H](COCc2ccccc2)[C@@H](OCc2ccccc2)[C@H](OCc2ccccc2)[C@H]1OCc1ccccc1. The van der Waals surface area contributed by atoms with E-state index in [0.717, 1.165) is 22.3 Å². The van der Waals surface area contributed by atoms with Crippen molar-refractivity contribution in [1.29, 1.82) is 0 Å². The highest BCUT2D eigenvalue weighted by molar-refractivity contribution is 6.70. The maximum absolute atomic E-state index is 7.20. The predicted octanol–water partition coefficient (Wildman–Crippen LogP) is 8.66. The molecule has 44 heavy (non-hydrogen) atoms. The molecule has 0 saturated carbocycles. The van der Waals surface area contributed by atoms with E-state index < -0.39 is 33.3 Å². The van der Waals surface area contributed by atoms with E-state index in [2.05, 4.69) is 0 Å². The zero-order valence-corrected chi connectivity index (χ0v) is 27.0. The fourth-order valence-corrected chi connectivity index (χ4v) is 5.81. The summed E-state index contributed by atoms with van der Waals surface area (Å²) < 4.78 is 30.2. The van der Waals surface area contributed by atoms with E-state index in [1.165, 1.54) is 0 Å². The molecule has 0 N–H and O–H groups in total. The van der Waals surface area contributed by atoms with Gasteiger partial charge in [-0.25, -0.2) is 0 Å². The standard InChI is InChI=1S/C35H34Cl4O5/c36-34(35(37,38)39)33(43-24-29-19-11-4-12-20-29)32(42-23-28-17-9-3-10-18-28)31(41-22-27-15-7-2-8-16-27)30(44-34)25-40-21-26-13-5-1-6-14-26/h1-20,30-33H,21-25H2/t30-,31-,32+,33-,34-/m1/s1. The Morgan fingerprint density at radius 3 is 1.36 bits per heavy atom. The molecule has 1 saturated heterocycles. The van der Waals surface area contributed by atoms with Crippen LogP contribution in [-0.4, -0.2) is 39.9 Å². The van der Waals surface area contributed by atoms with Crippen LogP contribution in [0.15, 0.2) is 121 Å². The summed E-state index contributed by atoms with van der Waals surface area (Å²) >= 11 is 27.0. The number of halogens is 4. The van der Waals surface area contributed by atoms with Gasteiger partial charge in [0.1, 0.15) is 24.4 Å². The van der Waals surface area contributed by atoms with Gasteiger partial charge in [0.2, 0.25) is 8.85 Å². The van der Waals surface area contributed by atoms with Gasteiger partial charge < -0.3 is 23.7 Å². The fraction of sp³-hybridized carbons (Fsp3) is 0.314. The van der Waals surface area contributed by atoms with E-state index in [1.54, 1.807) is 0 Å². The summed E-state index contributed by atoms with van der Waals surface area (Å²) in [5, 5.41) is -1.94. The molecule has 1 aliphatic heterocycles. The van der Waals surface area contributed by atoms with E-state index in [4.69, 9.17) is 70.1 Å². The molecule has 9 heteroatoms. The van der Waals surface area contributed by atoms with Crippen LogP contribution in [0.4, 0.5) is 0 Å². The van der Waals surface area contributed by atoms with Crippen LogP contribution in [0.25, 0.3) is 0 Å². The van der Waals surface area contributed by atoms with Crippen molar-refractivity contribution in [2.45, 2.75) is 59.7 Å². The first-order valence-corrected chi connectivity index (χ1v) is 15.9. The number of alkyl halides is 4. The number of hydrogen-bond donors (Lipinski definition) is 0. The van der Waals surface area contributed by atoms with E-state index in [0.29, 0.717) is 6.61 Å². The normalized spacial score (nSPS) is 23.8. The molecule has 0 amide bonds. The van der Waals surface area contributed by atoms with Crippen molar-refractivity contribution < 1.29 is 23.7 Å². The Morgan fingerprint density at radius 1 is 0.545 bits per heavy atom. The van der Waals surface area contributed by atoms with Crippen molar-refractivity contribution in [3.05, 3.63) is 144 Å². The second kappa shape index (κ2) is 15.9. The molecule has 5 rings (SSSR count). The molecule has 0 radical (unpaired) electrons. The molecule has 232 valence electrons. The van der Waals surface area contributed by atoms with E-state index in [1.807, 2.05) is 121 Å². The van der Waals surface area contributed by atoms with E-state index in [9.17, 15) is 0 Å². The Balaban J connectivity index is 1.48. The molecule has 5 atom stereocenters. The van der Waals surface area contributed by atoms with Gasteiger partial charge in [-0.15, -0.1) is 0 Å². The summed E-state index contributed by atoms with van der Waals surface area (Å²) in [5.41, 5.74) is 3.84. The monoisotopic (exact) mass is 674 g/mol. The van der Waals surface area contributed by atoms with Crippen LogP contribution in [0.1, 0.15) is 22.3 Å². The lowest BCUT2D eigenvalue weighted by Crippen LogP contribution is -2.68. The van der Waals surface area contributed by atoms with Gasteiger partial charge in [-0.05, 0) is 22.3 Å². The molecule has 0 unspecified atom stereocenters. The third kappa shape index (κ3) is 8.76. The van der Waals surface area contributed by atoms with Crippen LogP contribution in [0, 0.1) is 0 Å². The molecule has 0 spiro atoms. The van der Waals surface area contributed by atoms with Gasteiger partial charge in [-0.2, -0.15) is 0 Å². The molecule has 1 fully saturated rings. The third-order valence-electron chi connectivity index (χ3n) is 7.30. The summed E-state index contributed by atoms with van der Waals surface area (Å²) in [7, 11) is 0. The molecule has 1 aliphatic rings. The van der Waals surface area contributed by atoms with E-state index >= 15 is 0 Å². The Labute approximate surface area is 278 Å². The zero-order chi connectivity index (χ0) is 30.8. The second-order valence-corrected chi connectivity index (χ2v) is 13.4. The van der Waals surface area contributed by atoms with Crippen molar-refractivity contribution in [3.8, 4) is 0 Å². The number of ether oxygens (including phenoxy) is 5. The predicted molar refractivity (Wildman–Crippen MR) is 175 cm³/mol. The Bertz CT molecular complexity index is 1390. The number of rotatable bonds is 13. The van der Waals surface area contributed by atoms with Crippen molar-refractivity contribution in [2.24, 2.45) is 0 Å². The quantitative estimate of drug-likeness (QED) is 0.133. The third-order valence-corrected chi connectivity index (χ3v) is 9.02. The lowest BCUT2D eigenvalue weighted by atomic mass is 9.94. The average Bonchev–Trinajstić information content (AvgIpc) is 3.04. The summed E-state index contributed by atoms with van der Waals surface area (Å²) in [6.07, 6.45) is -3.33. The largest absolute Gasteiger partial charge is 0.374 e. The van der Waals surface area contributed by atoms with Gasteiger partial charge in [0.05, 0.1) is 33.0 Å². The smallest absolute Gasteiger partial charge is 0.235 e. The highest BCUT2D eigenvalue weighted by Gasteiger charge is 2.64. The number of hydrogen-bond acceptors (Lipinski definition) is 5. The Kier molecular flexibility index (Phi) is 12.0. The Hall–Kier alpha value is -2.16. The van der Waals surface area contributed by atoms with Crippen molar-refractivity contribution in [2.75, 3.05) is 6.61 Å². The molecular formula is C35H34Cl4O5. The molecule has 1 heterocycles. The van der Waals surface area contributed by atoms with Gasteiger partial charge >= 0.3 is 0 Å². The van der Waals surface area contributed by atoms with Gasteiger partial charge in [0.25, 0.3) is 0 Å². The van der Waals surface area contributed by atoms with Crippen LogP contribution in [0.2, 0.25) is 0 Å². The zero-order valence-electron chi connectivity index (χ0n) is 23.9. The van der Waals surface area contributed by atoms with Crippen molar-refractivity contribution >= 4 is 46.4 Å². The topological polar surface area (TPSA) is 46.2 Å². The summed E-state index contributed by atoms with van der Waals surface area (Å²) in [6, 6.07) is 39.1. The minimum atomic E-state index is -2.10. The van der Waals surface area contributed by atoms with Gasteiger partial charge in [-0.3, -0.25) is 0 Å². The molecule has 5 nitrogen and oxygen atoms in total. The number of benzene rings is 4. The van der Waals surface area contributed by atoms with E-state index in [-0.39, 0.29) is 26.4 Å². The lowest BCUT2D eigenvalue weighted by molar-refractivity contribution is -0.284. The molecular weight excluding hydrogens is 642 g/mol. The lowest BCUT2D eigenvalue weighted by Gasteiger charge is -2.52. The van der Waals surface area contributed by atoms with Crippen molar-refractivity contribution in [3.63, 3.8) is 0 Å². The maximum Gasteiger partial charge on any atom is 0.235 e. The average molecular weight is 676 g/mol. The van der Waals surface area contributed by atoms with Crippen LogP contribution in [0.3, 0.4) is 0 Å². The first-order valence-electron chi connectivity index (χ1n) is 14.4. The van der Waals surface area contributed by atoms with Crippen LogP contribution in [-0.2, 0) is 50.1 Å². The maximum atomic E-state index is 7.20. The van der Waals surface area contributed by atoms with Crippen LogP contribution in [0.5, 0.6) is 0 Å². The summed E-state index contributed by atoms with van der Waals surface area (Å²) in [5.74, 6) is 0. The second-order valence-electron chi connectivity index (χ2n) is 10.5. The van der Waals surface area contributed by atoms with Gasteiger partial charge in [-0.1, -0.05) is 168 Å². The van der Waals surface area contributed by atoms with Crippen LogP contribution < -0.4 is 0 Å². The molecule has 0 aromatic heterocycles. The first kappa shape index (κ1) is 33.2. The van der Waals surface area contributed by atoms with Gasteiger partial charge in [0.15, 0.2) is 0 Å². The minimum Gasteiger partial charge on any atom is -0.374 e. The summed E-state index contributed by atoms with van der Waals surface area (Å²) in [4.78, 5) is 0.